The Kier molecular flexibility index (Phi) is 3.37. The van der Waals surface area contributed by atoms with Crippen LogP contribution in [0, 0.1) is 19.7 Å². The van der Waals surface area contributed by atoms with E-state index in [-0.39, 0.29) is 5.56 Å². The first-order valence-corrected chi connectivity index (χ1v) is 5.56. The molecule has 1 heterocycles. The van der Waals surface area contributed by atoms with Gasteiger partial charge in [0.15, 0.2) is 0 Å². The smallest absolute Gasteiger partial charge is 0.258 e. The molecule has 1 aromatic carbocycles. The highest BCUT2D eigenvalue weighted by atomic mass is 19.1. The van der Waals surface area contributed by atoms with Crippen molar-refractivity contribution in [2.75, 3.05) is 5.32 Å². The van der Waals surface area contributed by atoms with Crippen LogP contribution >= 0.6 is 0 Å². The zero-order valence-electron chi connectivity index (χ0n) is 10.2. The molecule has 0 aliphatic rings. The molecule has 0 aliphatic heterocycles. The molecule has 92 valence electrons. The molecule has 1 aromatic heterocycles. The van der Waals surface area contributed by atoms with Crippen molar-refractivity contribution in [1.82, 2.24) is 4.98 Å². The van der Waals surface area contributed by atoms with E-state index in [9.17, 15) is 9.18 Å². The van der Waals surface area contributed by atoms with Gasteiger partial charge in [-0.15, -0.1) is 0 Å². The normalized spacial score (nSPS) is 10.2. The van der Waals surface area contributed by atoms with Gasteiger partial charge in [0.05, 0.1) is 5.56 Å². The van der Waals surface area contributed by atoms with Crippen molar-refractivity contribution in [2.45, 2.75) is 13.8 Å². The van der Waals surface area contributed by atoms with E-state index in [1.54, 1.807) is 24.4 Å². The van der Waals surface area contributed by atoms with Gasteiger partial charge in [-0.3, -0.25) is 9.78 Å². The van der Waals surface area contributed by atoms with Crippen LogP contribution in [0.4, 0.5) is 10.1 Å². The molecular weight excluding hydrogens is 231 g/mol. The highest BCUT2D eigenvalue weighted by Crippen LogP contribution is 2.13. The van der Waals surface area contributed by atoms with Crippen molar-refractivity contribution in [1.29, 1.82) is 0 Å². The molecule has 0 unspecified atom stereocenters. The number of pyridine rings is 1. The molecule has 0 radical (unpaired) electrons. The summed E-state index contributed by atoms with van der Waals surface area (Å²) in [6.07, 6.45) is 1.59. The number of aromatic nitrogens is 1. The number of amides is 1. The van der Waals surface area contributed by atoms with Crippen LogP contribution < -0.4 is 5.32 Å². The maximum absolute atomic E-state index is 13.5. The van der Waals surface area contributed by atoms with E-state index in [1.807, 2.05) is 13.8 Å². The first kappa shape index (κ1) is 12.2. The molecule has 0 bridgehead atoms. The fraction of sp³-hybridized carbons (Fsp3) is 0.143. The minimum absolute atomic E-state index is 0.0458. The summed E-state index contributed by atoms with van der Waals surface area (Å²) >= 11 is 0. The Morgan fingerprint density at radius 3 is 2.72 bits per heavy atom. The maximum Gasteiger partial charge on any atom is 0.258 e. The topological polar surface area (TPSA) is 42.0 Å². The second-order valence-corrected chi connectivity index (χ2v) is 4.12. The lowest BCUT2D eigenvalue weighted by Gasteiger charge is -2.07. The Bertz CT molecular complexity index is 596. The van der Waals surface area contributed by atoms with Gasteiger partial charge in [-0.1, -0.05) is 11.6 Å². The molecule has 2 aromatic rings. The van der Waals surface area contributed by atoms with E-state index in [0.717, 1.165) is 11.3 Å². The third kappa shape index (κ3) is 2.71. The monoisotopic (exact) mass is 244 g/mol. The SMILES string of the molecule is Cc1ccc(F)c(C(=O)Nc2ccnc(C)c2)c1. The van der Waals surface area contributed by atoms with Crippen molar-refractivity contribution in [3.05, 3.63) is 59.2 Å². The van der Waals surface area contributed by atoms with E-state index in [2.05, 4.69) is 10.3 Å². The molecule has 0 saturated carbocycles. The van der Waals surface area contributed by atoms with E-state index in [0.29, 0.717) is 5.69 Å². The van der Waals surface area contributed by atoms with Gasteiger partial charge in [-0.2, -0.15) is 0 Å². The third-order valence-electron chi connectivity index (χ3n) is 2.52. The zero-order valence-corrected chi connectivity index (χ0v) is 10.2. The largest absolute Gasteiger partial charge is 0.322 e. The standard InChI is InChI=1S/C14H13FN2O/c1-9-3-4-13(15)12(7-9)14(18)17-11-5-6-16-10(2)8-11/h3-8H,1-2H3,(H,16,17,18). The summed E-state index contributed by atoms with van der Waals surface area (Å²) in [6, 6.07) is 7.84. The van der Waals surface area contributed by atoms with Gasteiger partial charge in [0, 0.05) is 17.6 Å². The van der Waals surface area contributed by atoms with E-state index < -0.39 is 11.7 Å². The molecule has 0 spiro atoms. The molecule has 2 rings (SSSR count). The van der Waals surface area contributed by atoms with Crippen LogP contribution in [0.2, 0.25) is 0 Å². The first-order valence-electron chi connectivity index (χ1n) is 5.56. The van der Waals surface area contributed by atoms with E-state index in [4.69, 9.17) is 0 Å². The Balaban J connectivity index is 2.24. The summed E-state index contributed by atoms with van der Waals surface area (Å²) in [4.78, 5) is 16.0. The molecule has 1 amide bonds. The number of aryl methyl sites for hydroxylation is 2. The molecule has 3 nitrogen and oxygen atoms in total. The van der Waals surface area contributed by atoms with Crippen LogP contribution in [0.3, 0.4) is 0 Å². The highest BCUT2D eigenvalue weighted by molar-refractivity contribution is 6.04. The van der Waals surface area contributed by atoms with Crippen molar-refractivity contribution in [2.24, 2.45) is 0 Å². The predicted octanol–water partition coefficient (Wildman–Crippen LogP) is 3.09. The summed E-state index contributed by atoms with van der Waals surface area (Å²) in [6.45, 7) is 3.63. The van der Waals surface area contributed by atoms with Crippen molar-refractivity contribution in [3.63, 3.8) is 0 Å². The van der Waals surface area contributed by atoms with Gasteiger partial charge in [0.25, 0.3) is 5.91 Å². The zero-order chi connectivity index (χ0) is 13.1. The summed E-state index contributed by atoms with van der Waals surface area (Å²) in [5.74, 6) is -0.981. The fourth-order valence-corrected chi connectivity index (χ4v) is 1.63. The van der Waals surface area contributed by atoms with Gasteiger partial charge in [-0.05, 0) is 38.1 Å². The lowest BCUT2D eigenvalue weighted by molar-refractivity contribution is 0.102. The van der Waals surface area contributed by atoms with Crippen LogP contribution in [0.5, 0.6) is 0 Å². The molecule has 0 atom stereocenters. The Morgan fingerprint density at radius 2 is 2.00 bits per heavy atom. The number of hydrogen-bond acceptors (Lipinski definition) is 2. The maximum atomic E-state index is 13.5. The number of hydrogen-bond donors (Lipinski definition) is 1. The average Bonchev–Trinajstić information content (AvgIpc) is 2.32. The second kappa shape index (κ2) is 4.96. The Morgan fingerprint density at radius 1 is 1.22 bits per heavy atom. The van der Waals surface area contributed by atoms with Gasteiger partial charge < -0.3 is 5.32 Å². The lowest BCUT2D eigenvalue weighted by atomic mass is 10.1. The van der Waals surface area contributed by atoms with Gasteiger partial charge >= 0.3 is 0 Å². The highest BCUT2D eigenvalue weighted by Gasteiger charge is 2.11. The third-order valence-corrected chi connectivity index (χ3v) is 2.52. The molecule has 0 aliphatic carbocycles. The molecule has 4 heteroatoms. The number of carbonyl (C=O) groups is 1. The summed E-state index contributed by atoms with van der Waals surface area (Å²) in [5, 5.41) is 2.65. The average molecular weight is 244 g/mol. The molecular formula is C14H13FN2O. The van der Waals surface area contributed by atoms with Crippen molar-refractivity contribution >= 4 is 11.6 Å². The van der Waals surface area contributed by atoms with Crippen LogP contribution in [0.25, 0.3) is 0 Å². The molecule has 18 heavy (non-hydrogen) atoms. The predicted molar refractivity (Wildman–Crippen MR) is 68.1 cm³/mol. The quantitative estimate of drug-likeness (QED) is 0.882. The minimum atomic E-state index is -0.524. The van der Waals surface area contributed by atoms with Crippen LogP contribution in [0.1, 0.15) is 21.6 Å². The van der Waals surface area contributed by atoms with Crippen LogP contribution in [-0.4, -0.2) is 10.9 Å². The number of benzene rings is 1. The number of nitrogens with one attached hydrogen (secondary N) is 1. The summed E-state index contributed by atoms with van der Waals surface area (Å²) in [5.41, 5.74) is 2.28. The summed E-state index contributed by atoms with van der Waals surface area (Å²) < 4.78 is 13.5. The van der Waals surface area contributed by atoms with Gasteiger partial charge in [0.1, 0.15) is 5.82 Å². The fourth-order valence-electron chi connectivity index (χ4n) is 1.63. The van der Waals surface area contributed by atoms with Gasteiger partial charge in [-0.25, -0.2) is 4.39 Å². The van der Waals surface area contributed by atoms with E-state index in [1.165, 1.54) is 12.1 Å². The minimum Gasteiger partial charge on any atom is -0.322 e. The lowest BCUT2D eigenvalue weighted by Crippen LogP contribution is -2.14. The second-order valence-electron chi connectivity index (χ2n) is 4.12. The number of rotatable bonds is 2. The van der Waals surface area contributed by atoms with Crippen LogP contribution in [-0.2, 0) is 0 Å². The molecule has 0 saturated heterocycles. The number of nitrogens with zero attached hydrogens (tertiary/aromatic N) is 1. The van der Waals surface area contributed by atoms with Crippen LogP contribution in [0.15, 0.2) is 36.5 Å². The van der Waals surface area contributed by atoms with Crippen molar-refractivity contribution in [3.8, 4) is 0 Å². The molecule has 1 N–H and O–H groups in total. The Labute approximate surface area is 105 Å². The number of carbonyl (C=O) groups excluding carboxylic acids is 1. The first-order chi connectivity index (χ1) is 8.56. The van der Waals surface area contributed by atoms with E-state index >= 15 is 0 Å². The molecule has 0 fully saturated rings. The number of halogens is 1. The summed E-state index contributed by atoms with van der Waals surface area (Å²) in [7, 11) is 0. The van der Waals surface area contributed by atoms with Gasteiger partial charge in [0.2, 0.25) is 0 Å². The number of anilines is 1. The Hall–Kier alpha value is -2.23. The van der Waals surface area contributed by atoms with Crippen molar-refractivity contribution < 1.29 is 9.18 Å².